The molecular formula is C18H19NO2. The Bertz CT molecular complexity index is 639. The maximum atomic E-state index is 12.2. The van der Waals surface area contributed by atoms with Crippen molar-refractivity contribution in [2.24, 2.45) is 5.41 Å². The Kier molecular flexibility index (Phi) is 3.22. The third kappa shape index (κ3) is 2.41. The van der Waals surface area contributed by atoms with Crippen LogP contribution in [0.2, 0.25) is 0 Å². The molecule has 1 spiro atoms. The van der Waals surface area contributed by atoms with Crippen LogP contribution in [0.25, 0.3) is 0 Å². The highest BCUT2D eigenvalue weighted by Gasteiger charge is 2.49. The van der Waals surface area contributed by atoms with Gasteiger partial charge in [-0.25, -0.2) is 0 Å². The summed E-state index contributed by atoms with van der Waals surface area (Å²) in [6.07, 6.45) is 4.24. The van der Waals surface area contributed by atoms with Gasteiger partial charge in [-0.05, 0) is 30.9 Å². The number of carbonyl (C=O) groups excluding carboxylic acids is 1. The summed E-state index contributed by atoms with van der Waals surface area (Å²) in [5.41, 5.74) is 0.407. The van der Waals surface area contributed by atoms with Crippen molar-refractivity contribution in [2.45, 2.75) is 44.8 Å². The summed E-state index contributed by atoms with van der Waals surface area (Å²) in [4.78, 5) is 12.2. The van der Waals surface area contributed by atoms with Gasteiger partial charge in [-0.15, -0.1) is 0 Å². The standard InChI is InChI=1S/C18H19NO2/c1-17(2)12-18(10-14(11-19)16(17)20)9-8-15(21-18)13-6-4-3-5-7-13/h3-7,10,15H,8-9,12H2,1-2H3. The van der Waals surface area contributed by atoms with Gasteiger partial charge in [0.2, 0.25) is 0 Å². The number of benzene rings is 1. The van der Waals surface area contributed by atoms with Crippen LogP contribution < -0.4 is 0 Å². The minimum atomic E-state index is -0.536. The number of carbonyl (C=O) groups is 1. The first-order valence-corrected chi connectivity index (χ1v) is 7.36. The van der Waals surface area contributed by atoms with Crippen molar-refractivity contribution < 1.29 is 9.53 Å². The van der Waals surface area contributed by atoms with Crippen molar-refractivity contribution in [3.05, 3.63) is 47.5 Å². The molecule has 0 radical (unpaired) electrons. The second kappa shape index (κ2) is 4.82. The topological polar surface area (TPSA) is 50.1 Å². The maximum absolute atomic E-state index is 12.2. The molecule has 0 amide bonds. The zero-order valence-corrected chi connectivity index (χ0v) is 12.4. The number of Topliss-reactive ketones (excluding diaryl/α,β-unsaturated/α-hetero) is 1. The summed E-state index contributed by atoms with van der Waals surface area (Å²) in [6.45, 7) is 3.81. The van der Waals surface area contributed by atoms with Crippen LogP contribution in [-0.2, 0) is 9.53 Å². The Morgan fingerprint density at radius 1 is 1.29 bits per heavy atom. The number of ether oxygens (including phenoxy) is 1. The molecule has 108 valence electrons. The predicted octanol–water partition coefficient (Wildman–Crippen LogP) is 3.73. The van der Waals surface area contributed by atoms with Crippen LogP contribution in [-0.4, -0.2) is 11.4 Å². The normalized spacial score (nSPS) is 31.0. The van der Waals surface area contributed by atoms with Crippen LogP contribution in [0.4, 0.5) is 0 Å². The van der Waals surface area contributed by atoms with E-state index in [4.69, 9.17) is 4.74 Å². The van der Waals surface area contributed by atoms with Gasteiger partial charge >= 0.3 is 0 Å². The summed E-state index contributed by atoms with van der Waals surface area (Å²) in [5, 5.41) is 9.23. The van der Waals surface area contributed by atoms with E-state index in [0.717, 1.165) is 18.4 Å². The lowest BCUT2D eigenvalue weighted by Gasteiger charge is -2.38. The number of hydrogen-bond acceptors (Lipinski definition) is 3. The molecule has 2 unspecified atom stereocenters. The third-order valence-corrected chi connectivity index (χ3v) is 4.51. The zero-order chi connectivity index (χ0) is 15.1. The lowest BCUT2D eigenvalue weighted by atomic mass is 9.69. The number of ketones is 1. The van der Waals surface area contributed by atoms with Gasteiger partial charge in [0.25, 0.3) is 0 Å². The van der Waals surface area contributed by atoms with E-state index in [0.29, 0.717) is 6.42 Å². The quantitative estimate of drug-likeness (QED) is 0.788. The Morgan fingerprint density at radius 2 is 2.00 bits per heavy atom. The van der Waals surface area contributed by atoms with Gasteiger partial charge in [0, 0.05) is 5.41 Å². The van der Waals surface area contributed by atoms with E-state index in [1.807, 2.05) is 38.1 Å². The molecule has 1 aliphatic carbocycles. The highest BCUT2D eigenvalue weighted by Crippen LogP contribution is 2.49. The first-order valence-electron chi connectivity index (χ1n) is 7.36. The fraction of sp³-hybridized carbons (Fsp3) is 0.444. The predicted molar refractivity (Wildman–Crippen MR) is 79.3 cm³/mol. The van der Waals surface area contributed by atoms with Gasteiger partial charge in [-0.3, -0.25) is 4.79 Å². The summed E-state index contributed by atoms with van der Waals surface area (Å²) < 4.78 is 6.31. The molecule has 0 saturated carbocycles. The molecule has 1 aromatic rings. The molecule has 1 heterocycles. The molecule has 0 aromatic heterocycles. The molecule has 2 aliphatic rings. The van der Waals surface area contributed by atoms with Crippen molar-refractivity contribution in [1.29, 1.82) is 5.26 Å². The molecule has 1 fully saturated rings. The Morgan fingerprint density at radius 3 is 2.67 bits per heavy atom. The summed E-state index contributed by atoms with van der Waals surface area (Å²) in [7, 11) is 0. The van der Waals surface area contributed by atoms with Gasteiger partial charge < -0.3 is 4.74 Å². The highest BCUT2D eigenvalue weighted by atomic mass is 16.5. The molecule has 21 heavy (non-hydrogen) atoms. The number of hydrogen-bond donors (Lipinski definition) is 0. The minimum Gasteiger partial charge on any atom is -0.363 e. The molecule has 1 aromatic carbocycles. The molecule has 3 rings (SSSR count). The molecule has 3 nitrogen and oxygen atoms in total. The van der Waals surface area contributed by atoms with Crippen molar-refractivity contribution in [2.75, 3.05) is 0 Å². The van der Waals surface area contributed by atoms with Crippen LogP contribution >= 0.6 is 0 Å². The fourth-order valence-corrected chi connectivity index (χ4v) is 3.57. The summed E-state index contributed by atoms with van der Waals surface area (Å²) in [5.74, 6) is -0.0672. The first kappa shape index (κ1) is 14.0. The SMILES string of the molecule is CC1(C)CC2(C=C(C#N)C1=O)CCC(c1ccccc1)O2. The van der Waals surface area contributed by atoms with Gasteiger partial charge in [-0.1, -0.05) is 44.2 Å². The molecule has 0 bridgehead atoms. The average Bonchev–Trinajstić information content (AvgIpc) is 2.87. The minimum absolute atomic E-state index is 0.0476. The van der Waals surface area contributed by atoms with Crippen molar-refractivity contribution >= 4 is 5.78 Å². The summed E-state index contributed by atoms with van der Waals surface area (Å²) in [6, 6.07) is 12.2. The number of nitrogens with zero attached hydrogens (tertiary/aromatic N) is 1. The molecule has 1 aliphatic heterocycles. The van der Waals surface area contributed by atoms with Gasteiger partial charge in [0.15, 0.2) is 5.78 Å². The first-order chi connectivity index (χ1) is 9.96. The van der Waals surface area contributed by atoms with Crippen LogP contribution in [0.5, 0.6) is 0 Å². The number of rotatable bonds is 1. The van der Waals surface area contributed by atoms with E-state index in [-0.39, 0.29) is 17.5 Å². The second-order valence-corrected chi connectivity index (χ2v) is 6.68. The number of nitriles is 1. The average molecular weight is 281 g/mol. The smallest absolute Gasteiger partial charge is 0.178 e. The zero-order valence-electron chi connectivity index (χ0n) is 12.4. The van der Waals surface area contributed by atoms with Crippen LogP contribution in [0.3, 0.4) is 0 Å². The summed E-state index contributed by atoms with van der Waals surface area (Å²) >= 11 is 0. The Balaban J connectivity index is 1.92. The second-order valence-electron chi connectivity index (χ2n) is 6.68. The Hall–Kier alpha value is -1.92. The van der Waals surface area contributed by atoms with E-state index >= 15 is 0 Å². The lowest BCUT2D eigenvalue weighted by Crippen LogP contribution is -2.42. The highest BCUT2D eigenvalue weighted by molar-refractivity contribution is 6.03. The van der Waals surface area contributed by atoms with Crippen molar-refractivity contribution in [1.82, 2.24) is 0 Å². The fourth-order valence-electron chi connectivity index (χ4n) is 3.57. The van der Waals surface area contributed by atoms with E-state index in [2.05, 4.69) is 12.1 Å². The van der Waals surface area contributed by atoms with Gasteiger partial charge in [-0.2, -0.15) is 5.26 Å². The molecule has 0 N–H and O–H groups in total. The van der Waals surface area contributed by atoms with E-state index in [1.165, 1.54) is 0 Å². The van der Waals surface area contributed by atoms with Gasteiger partial charge in [0.05, 0.1) is 17.3 Å². The van der Waals surface area contributed by atoms with E-state index < -0.39 is 11.0 Å². The number of allylic oxidation sites excluding steroid dienone is 1. The molecule has 2 atom stereocenters. The van der Waals surface area contributed by atoms with Crippen LogP contribution in [0, 0.1) is 16.7 Å². The maximum Gasteiger partial charge on any atom is 0.178 e. The molecular weight excluding hydrogens is 262 g/mol. The van der Waals surface area contributed by atoms with Gasteiger partial charge in [0.1, 0.15) is 6.07 Å². The van der Waals surface area contributed by atoms with Crippen molar-refractivity contribution in [3.63, 3.8) is 0 Å². The van der Waals surface area contributed by atoms with Crippen LogP contribution in [0.1, 0.15) is 44.8 Å². The van der Waals surface area contributed by atoms with E-state index in [9.17, 15) is 10.1 Å². The largest absolute Gasteiger partial charge is 0.363 e. The third-order valence-electron chi connectivity index (χ3n) is 4.51. The Labute approximate surface area is 125 Å². The van der Waals surface area contributed by atoms with Crippen LogP contribution in [0.15, 0.2) is 42.0 Å². The molecule has 1 saturated heterocycles. The van der Waals surface area contributed by atoms with Crippen molar-refractivity contribution in [3.8, 4) is 6.07 Å². The molecule has 3 heteroatoms. The lowest BCUT2D eigenvalue weighted by molar-refractivity contribution is -0.129. The monoisotopic (exact) mass is 281 g/mol. The van der Waals surface area contributed by atoms with E-state index in [1.54, 1.807) is 6.08 Å².